The molecule has 0 spiro atoms. The predicted molar refractivity (Wildman–Crippen MR) is 138 cm³/mol. The van der Waals surface area contributed by atoms with Crippen LogP contribution < -0.4 is 0 Å². The van der Waals surface area contributed by atoms with E-state index in [-0.39, 0.29) is 14.7 Å². The summed E-state index contributed by atoms with van der Waals surface area (Å²) in [6.45, 7) is 9.59. The number of rotatable bonds is 9. The molecule has 0 fully saturated rings. The van der Waals surface area contributed by atoms with Crippen LogP contribution in [0.4, 0.5) is 0 Å². The van der Waals surface area contributed by atoms with Crippen molar-refractivity contribution < 1.29 is 32.0 Å². The van der Waals surface area contributed by atoms with Gasteiger partial charge in [0, 0.05) is 0 Å². The molecule has 0 aliphatic rings. The van der Waals surface area contributed by atoms with E-state index >= 15 is 0 Å². The molecule has 0 aliphatic heterocycles. The standard InChI is InChI=1S/3C8H10O3S.Bi/c3*1-6-3-4-7(2)8(5-6)12(9,10)11;/h3*3-5H,1-2H3,(H,9,10,11);/q;;;+3/p-3. The molecule has 0 N–H and O–H groups in total. The normalized spacial score (nSPS) is 12.7. The van der Waals surface area contributed by atoms with Crippen molar-refractivity contribution in [2.75, 3.05) is 0 Å². The molecule has 37 heavy (non-hydrogen) atoms. The molecule has 0 heterocycles. The topological polar surface area (TPSA) is 130 Å². The van der Waals surface area contributed by atoms with Crippen molar-refractivity contribution in [2.45, 2.75) is 56.2 Å². The molecule has 0 radical (unpaired) electrons. The van der Waals surface area contributed by atoms with E-state index in [9.17, 15) is 25.3 Å². The van der Waals surface area contributed by atoms with E-state index in [1.54, 1.807) is 57.2 Å². The average Bonchev–Trinajstić information content (AvgIpc) is 2.77. The van der Waals surface area contributed by atoms with Crippen molar-refractivity contribution >= 4 is 53.4 Å². The number of benzene rings is 3. The van der Waals surface area contributed by atoms with Gasteiger partial charge >= 0.3 is 230 Å². The molecular weight excluding hydrogens is 737 g/mol. The molecule has 0 atom stereocenters. The van der Waals surface area contributed by atoms with Gasteiger partial charge in [-0.05, 0) is 0 Å². The van der Waals surface area contributed by atoms with E-state index in [0.29, 0.717) is 33.4 Å². The molecule has 0 aliphatic carbocycles. The molecular formula is C24H27BiO9S3. The first-order valence-electron chi connectivity index (χ1n) is 10.9. The maximum absolute atomic E-state index is 13.2. The molecule has 0 bridgehead atoms. The fourth-order valence-electron chi connectivity index (χ4n) is 3.33. The Balaban J connectivity index is 2.09. The van der Waals surface area contributed by atoms with Gasteiger partial charge in [-0.2, -0.15) is 0 Å². The Morgan fingerprint density at radius 2 is 0.703 bits per heavy atom. The van der Waals surface area contributed by atoms with E-state index in [2.05, 4.69) is 0 Å². The van der Waals surface area contributed by atoms with Gasteiger partial charge in [0.25, 0.3) is 0 Å². The van der Waals surface area contributed by atoms with Gasteiger partial charge in [0.15, 0.2) is 0 Å². The Morgan fingerprint density at radius 3 is 0.946 bits per heavy atom. The third-order valence-electron chi connectivity index (χ3n) is 5.32. The first-order valence-corrected chi connectivity index (χ1v) is 19.4. The molecule has 3 aromatic rings. The van der Waals surface area contributed by atoms with Gasteiger partial charge in [-0.25, -0.2) is 0 Å². The second-order valence-electron chi connectivity index (χ2n) is 8.62. The van der Waals surface area contributed by atoms with Crippen LogP contribution in [0.5, 0.6) is 0 Å². The van der Waals surface area contributed by atoms with Crippen LogP contribution in [0.1, 0.15) is 33.4 Å². The first kappa shape index (κ1) is 29.8. The second kappa shape index (κ2) is 11.2. The second-order valence-corrected chi connectivity index (χ2v) is 20.1. The van der Waals surface area contributed by atoms with Crippen molar-refractivity contribution in [3.8, 4) is 0 Å². The van der Waals surface area contributed by atoms with Gasteiger partial charge in [0.1, 0.15) is 0 Å². The van der Waals surface area contributed by atoms with Gasteiger partial charge in [0.05, 0.1) is 0 Å². The van der Waals surface area contributed by atoms with Gasteiger partial charge in [-0.1, -0.05) is 0 Å². The zero-order valence-electron chi connectivity index (χ0n) is 21.0. The summed E-state index contributed by atoms with van der Waals surface area (Å²) in [7, 11) is -13.9. The van der Waals surface area contributed by atoms with E-state index in [1.807, 2.05) is 0 Å². The minimum absolute atomic E-state index is 0.243. The van der Waals surface area contributed by atoms with Crippen LogP contribution >= 0.6 is 0 Å². The fourth-order valence-corrected chi connectivity index (χ4v) is 17.7. The molecule has 0 saturated heterocycles. The molecule has 3 aromatic carbocycles. The van der Waals surface area contributed by atoms with Crippen molar-refractivity contribution in [3.63, 3.8) is 0 Å². The Kier molecular flexibility index (Phi) is 9.01. The molecule has 13 heteroatoms. The maximum atomic E-state index is 13.2. The average molecular weight is 765 g/mol. The monoisotopic (exact) mass is 764 g/mol. The SMILES string of the molecule is Cc1ccc(C)c(S(=O)(=O)[O][Bi]([O]S(=O)(=O)c2cc(C)ccc2C)[O]S(=O)(=O)c2cc(C)ccc2C)c1. The van der Waals surface area contributed by atoms with E-state index in [1.165, 1.54) is 39.0 Å². The molecule has 9 nitrogen and oxygen atoms in total. The Hall–Kier alpha value is -1.73. The summed E-state index contributed by atoms with van der Waals surface area (Å²) in [6.07, 6.45) is 0. The third kappa shape index (κ3) is 7.23. The van der Waals surface area contributed by atoms with Gasteiger partial charge < -0.3 is 0 Å². The summed E-state index contributed by atoms with van der Waals surface area (Å²) < 4.78 is 94.7. The van der Waals surface area contributed by atoms with Crippen LogP contribution in [0.25, 0.3) is 0 Å². The van der Waals surface area contributed by atoms with Crippen molar-refractivity contribution in [2.24, 2.45) is 0 Å². The molecule has 0 aromatic heterocycles. The summed E-state index contributed by atoms with van der Waals surface area (Å²) in [5.74, 6) is 0. The van der Waals surface area contributed by atoms with Crippen LogP contribution in [0.3, 0.4) is 0 Å². The van der Waals surface area contributed by atoms with Crippen LogP contribution in [0, 0.1) is 41.5 Å². The molecule has 200 valence electrons. The predicted octanol–water partition coefficient (Wildman–Crippen LogP) is 4.04. The quantitative estimate of drug-likeness (QED) is 0.297. The Labute approximate surface area is 228 Å². The number of aryl methyl sites for hydroxylation is 6. The van der Waals surface area contributed by atoms with Crippen LogP contribution in [-0.2, 0) is 37.1 Å². The fraction of sp³-hybridized carbons (Fsp3) is 0.250. The summed E-state index contributed by atoms with van der Waals surface area (Å²) in [5, 5.41) is 0. The van der Waals surface area contributed by atoms with Gasteiger partial charge in [-0.3, -0.25) is 0 Å². The van der Waals surface area contributed by atoms with E-state index in [4.69, 9.17) is 6.78 Å². The molecule has 3 rings (SSSR count). The third-order valence-corrected chi connectivity index (χ3v) is 20.3. The Morgan fingerprint density at radius 1 is 0.459 bits per heavy atom. The van der Waals surface area contributed by atoms with Crippen LogP contribution in [0.2, 0.25) is 0 Å². The summed E-state index contributed by atoms with van der Waals surface area (Å²) in [4.78, 5) is -0.728. The van der Waals surface area contributed by atoms with Crippen LogP contribution in [-0.4, -0.2) is 48.3 Å². The van der Waals surface area contributed by atoms with Gasteiger partial charge in [0.2, 0.25) is 0 Å². The van der Waals surface area contributed by atoms with Gasteiger partial charge in [-0.15, -0.1) is 0 Å². The van der Waals surface area contributed by atoms with E-state index < -0.39 is 53.4 Å². The summed E-state index contributed by atoms with van der Waals surface area (Å²) in [5.41, 5.74) is 2.78. The molecule has 0 unspecified atom stereocenters. The summed E-state index contributed by atoms with van der Waals surface area (Å²) in [6, 6.07) is 13.7. The number of hydrogen-bond acceptors (Lipinski definition) is 9. The van der Waals surface area contributed by atoms with Crippen LogP contribution in [0.15, 0.2) is 69.3 Å². The zero-order chi connectivity index (χ0) is 27.8. The Bertz CT molecular complexity index is 1460. The summed E-state index contributed by atoms with van der Waals surface area (Å²) >= 11 is -5.34. The van der Waals surface area contributed by atoms with Crippen molar-refractivity contribution in [1.82, 2.24) is 0 Å². The van der Waals surface area contributed by atoms with E-state index in [0.717, 1.165) is 0 Å². The molecule has 0 amide bonds. The minimum atomic E-state index is -5.34. The molecule has 0 saturated carbocycles. The van der Waals surface area contributed by atoms with Crippen molar-refractivity contribution in [1.29, 1.82) is 0 Å². The van der Waals surface area contributed by atoms with Crippen molar-refractivity contribution in [3.05, 3.63) is 88.0 Å². The zero-order valence-corrected chi connectivity index (χ0v) is 27.0. The number of hydrogen-bond donors (Lipinski definition) is 0. The first-order chi connectivity index (χ1) is 17.0.